The molecule has 0 saturated carbocycles. The Labute approximate surface area is 206 Å². The summed E-state index contributed by atoms with van der Waals surface area (Å²) in [6.07, 6.45) is 1.75. The number of fused-ring (bicyclic) bond motifs is 3. The molecular formula is C31H21NO2S. The maximum atomic E-state index is 14.1. The van der Waals surface area contributed by atoms with Gasteiger partial charge in [-0.15, -0.1) is 4.31 Å². The number of carbonyl (C=O) groups is 1. The summed E-state index contributed by atoms with van der Waals surface area (Å²) in [4.78, 5) is 13.9. The van der Waals surface area contributed by atoms with Gasteiger partial charge in [0.2, 0.25) is 0 Å². The smallest absolute Gasteiger partial charge is 0.295 e. The zero-order chi connectivity index (χ0) is 23.7. The number of amides is 1. The van der Waals surface area contributed by atoms with Crippen molar-refractivity contribution < 1.29 is 9.35 Å². The molecule has 1 atom stereocenters. The molecule has 0 aromatic heterocycles. The van der Waals surface area contributed by atoms with Crippen molar-refractivity contribution in [3.63, 3.8) is 0 Å². The molecule has 5 aromatic carbocycles. The molecule has 1 aliphatic carbocycles. The molecule has 3 aliphatic rings. The SMILES string of the molecule is C=Cc1ccc(C(=O)N2C3c4cc5ccccc5cc4C(c4cc5ccccc5cc43)[S+]2[O-])cc1. The highest BCUT2D eigenvalue weighted by molar-refractivity contribution is 7.90. The van der Waals surface area contributed by atoms with Crippen LogP contribution in [0, 0.1) is 0 Å². The minimum Gasteiger partial charge on any atom is -0.592 e. The first kappa shape index (κ1) is 20.5. The minimum atomic E-state index is -1.55. The fourth-order valence-corrected chi connectivity index (χ4v) is 7.36. The molecule has 5 aromatic rings. The van der Waals surface area contributed by atoms with Gasteiger partial charge in [0.15, 0.2) is 5.25 Å². The van der Waals surface area contributed by atoms with E-state index in [4.69, 9.17) is 0 Å². The van der Waals surface area contributed by atoms with Crippen LogP contribution in [0.25, 0.3) is 27.6 Å². The predicted octanol–water partition coefficient (Wildman–Crippen LogP) is 6.95. The molecule has 1 amide bonds. The molecule has 1 unspecified atom stereocenters. The summed E-state index contributed by atoms with van der Waals surface area (Å²) in [6.45, 7) is 3.79. The van der Waals surface area contributed by atoms with Gasteiger partial charge in [0.1, 0.15) is 6.04 Å². The molecule has 2 bridgehead atoms. The van der Waals surface area contributed by atoms with Gasteiger partial charge in [-0.05, 0) is 74.6 Å². The van der Waals surface area contributed by atoms with Crippen molar-refractivity contribution in [3.05, 3.63) is 137 Å². The summed E-state index contributed by atoms with van der Waals surface area (Å²) in [5.74, 6) is -0.216. The Hall–Kier alpha value is -3.86. The standard InChI is InChI=1S/C31H21NO2S/c1-2-19-11-13-20(14-12-19)31(33)32-29-25-15-21-7-3-5-9-23(21)17-27(25)30(35(32)34)28-18-24-10-6-4-8-22(24)16-26(28)29/h2-18,29-30H,1H2. The van der Waals surface area contributed by atoms with E-state index in [0.717, 1.165) is 49.4 Å². The van der Waals surface area contributed by atoms with Crippen LogP contribution < -0.4 is 0 Å². The van der Waals surface area contributed by atoms with Gasteiger partial charge >= 0.3 is 0 Å². The van der Waals surface area contributed by atoms with Gasteiger partial charge in [0, 0.05) is 16.7 Å². The van der Waals surface area contributed by atoms with Gasteiger partial charge < -0.3 is 4.55 Å². The van der Waals surface area contributed by atoms with Gasteiger partial charge in [-0.3, -0.25) is 4.79 Å². The zero-order valence-electron chi connectivity index (χ0n) is 18.8. The first-order valence-corrected chi connectivity index (χ1v) is 12.8. The Kier molecular flexibility index (Phi) is 4.44. The van der Waals surface area contributed by atoms with Crippen molar-refractivity contribution in [2.24, 2.45) is 0 Å². The molecule has 0 N–H and O–H groups in total. The summed E-state index contributed by atoms with van der Waals surface area (Å²) in [5, 5.41) is 4.09. The van der Waals surface area contributed by atoms with Gasteiger partial charge in [-0.1, -0.05) is 73.3 Å². The molecule has 35 heavy (non-hydrogen) atoms. The minimum absolute atomic E-state index is 0.216. The molecule has 4 heteroatoms. The Bertz CT molecular complexity index is 1590. The van der Waals surface area contributed by atoms with E-state index in [0.29, 0.717) is 5.56 Å². The second kappa shape index (κ2) is 7.57. The van der Waals surface area contributed by atoms with Crippen LogP contribution in [-0.2, 0) is 11.4 Å². The van der Waals surface area contributed by atoms with Crippen molar-refractivity contribution >= 4 is 44.9 Å². The van der Waals surface area contributed by atoms with Crippen molar-refractivity contribution in [1.29, 1.82) is 0 Å². The summed E-state index contributed by atoms with van der Waals surface area (Å²) in [6, 6.07) is 32.1. The summed E-state index contributed by atoms with van der Waals surface area (Å²) < 4.78 is 15.7. The largest absolute Gasteiger partial charge is 0.592 e. The van der Waals surface area contributed by atoms with Crippen LogP contribution in [-0.4, -0.2) is 14.8 Å². The van der Waals surface area contributed by atoms with Crippen LogP contribution >= 0.6 is 0 Å². The average Bonchev–Trinajstić information content (AvgIpc) is 2.90. The highest BCUT2D eigenvalue weighted by atomic mass is 32.2. The van der Waals surface area contributed by atoms with Gasteiger partial charge in [0.25, 0.3) is 5.91 Å². The van der Waals surface area contributed by atoms with E-state index in [2.05, 4.69) is 55.1 Å². The van der Waals surface area contributed by atoms with Crippen molar-refractivity contribution in [3.8, 4) is 0 Å². The predicted molar refractivity (Wildman–Crippen MR) is 142 cm³/mol. The quantitative estimate of drug-likeness (QED) is 0.262. The third kappa shape index (κ3) is 2.94. The van der Waals surface area contributed by atoms with Crippen molar-refractivity contribution in [2.45, 2.75) is 11.3 Å². The topological polar surface area (TPSA) is 43.4 Å². The fraction of sp³-hybridized carbons (Fsp3) is 0.0645. The van der Waals surface area contributed by atoms with Crippen LogP contribution in [0.4, 0.5) is 0 Å². The summed E-state index contributed by atoms with van der Waals surface area (Å²) in [5.41, 5.74) is 5.71. The van der Waals surface area contributed by atoms with Crippen LogP contribution in [0.2, 0.25) is 0 Å². The van der Waals surface area contributed by atoms with E-state index in [1.807, 2.05) is 36.4 Å². The van der Waals surface area contributed by atoms with Crippen LogP contribution in [0.1, 0.15) is 49.5 Å². The number of carbonyl (C=O) groups excluding carboxylic acids is 1. The third-order valence-electron chi connectivity index (χ3n) is 7.28. The molecule has 8 rings (SSSR count). The first-order valence-electron chi connectivity index (χ1n) is 11.7. The van der Waals surface area contributed by atoms with Gasteiger partial charge in [0.05, 0.1) is 11.4 Å². The Morgan fingerprint density at radius 3 is 1.66 bits per heavy atom. The van der Waals surface area contributed by atoms with E-state index in [9.17, 15) is 9.35 Å². The molecule has 0 radical (unpaired) electrons. The Morgan fingerprint density at radius 1 is 0.743 bits per heavy atom. The van der Waals surface area contributed by atoms with Crippen molar-refractivity contribution in [2.75, 3.05) is 0 Å². The maximum absolute atomic E-state index is 14.1. The summed E-state index contributed by atoms with van der Waals surface area (Å²) >= 11 is -1.55. The first-order chi connectivity index (χ1) is 17.1. The lowest BCUT2D eigenvalue weighted by atomic mass is 9.79. The molecule has 0 saturated heterocycles. The van der Waals surface area contributed by atoms with E-state index >= 15 is 0 Å². The average molecular weight is 472 g/mol. The van der Waals surface area contributed by atoms with E-state index in [-0.39, 0.29) is 5.91 Å². The molecule has 3 nitrogen and oxygen atoms in total. The second-order valence-electron chi connectivity index (χ2n) is 9.17. The van der Waals surface area contributed by atoms with Crippen molar-refractivity contribution in [1.82, 2.24) is 4.31 Å². The number of benzene rings is 5. The molecule has 2 heterocycles. The van der Waals surface area contributed by atoms with E-state index in [1.165, 1.54) is 0 Å². The fourth-order valence-electron chi connectivity index (χ4n) is 5.59. The second-order valence-corrected chi connectivity index (χ2v) is 10.6. The number of hydrogen-bond acceptors (Lipinski definition) is 2. The zero-order valence-corrected chi connectivity index (χ0v) is 19.7. The van der Waals surface area contributed by atoms with Crippen LogP contribution in [0.15, 0.2) is 104 Å². The normalized spacial score (nSPS) is 20.0. The lowest BCUT2D eigenvalue weighted by Crippen LogP contribution is -2.50. The molecule has 0 spiro atoms. The third-order valence-corrected chi connectivity index (χ3v) is 8.96. The Morgan fingerprint density at radius 2 is 1.20 bits per heavy atom. The molecule has 2 aliphatic heterocycles. The van der Waals surface area contributed by atoms with E-state index in [1.54, 1.807) is 22.5 Å². The summed E-state index contributed by atoms with van der Waals surface area (Å²) in [7, 11) is 0. The number of hydrogen-bond donors (Lipinski definition) is 0. The van der Waals surface area contributed by atoms with Gasteiger partial charge in [-0.25, -0.2) is 0 Å². The highest BCUT2D eigenvalue weighted by Crippen LogP contribution is 2.56. The lowest BCUT2D eigenvalue weighted by Gasteiger charge is -2.46. The number of nitrogens with zero attached hydrogens (tertiary/aromatic N) is 1. The molecule has 0 fully saturated rings. The molecular weight excluding hydrogens is 450 g/mol. The van der Waals surface area contributed by atoms with Crippen LogP contribution in [0.5, 0.6) is 0 Å². The van der Waals surface area contributed by atoms with Crippen LogP contribution in [0.3, 0.4) is 0 Å². The monoisotopic (exact) mass is 471 g/mol. The maximum Gasteiger partial charge on any atom is 0.295 e. The van der Waals surface area contributed by atoms with Gasteiger partial charge in [-0.2, -0.15) is 0 Å². The Balaban J connectivity index is 1.48. The lowest BCUT2D eigenvalue weighted by molar-refractivity contribution is 0.0826. The van der Waals surface area contributed by atoms with E-state index < -0.39 is 22.7 Å². The highest BCUT2D eigenvalue weighted by Gasteiger charge is 2.54. The number of rotatable bonds is 2. The molecule has 168 valence electrons.